The van der Waals surface area contributed by atoms with E-state index in [1.54, 1.807) is 48.2 Å². The first-order valence-electron chi connectivity index (χ1n) is 10.2. The van der Waals surface area contributed by atoms with Gasteiger partial charge >= 0.3 is 5.97 Å². The van der Waals surface area contributed by atoms with Crippen LogP contribution in [0.1, 0.15) is 44.5 Å². The van der Waals surface area contributed by atoms with Gasteiger partial charge in [-0.25, -0.2) is 9.37 Å². The van der Waals surface area contributed by atoms with E-state index in [2.05, 4.69) is 4.98 Å². The molecule has 3 aromatic rings. The highest BCUT2D eigenvalue weighted by Gasteiger charge is 2.33. The van der Waals surface area contributed by atoms with Gasteiger partial charge in [-0.05, 0) is 43.5 Å². The predicted octanol–water partition coefficient (Wildman–Crippen LogP) is 4.64. The fourth-order valence-electron chi connectivity index (χ4n) is 3.86. The summed E-state index contributed by atoms with van der Waals surface area (Å²) in [5.74, 6) is -0.309. The van der Waals surface area contributed by atoms with Gasteiger partial charge in [0.05, 0.1) is 13.0 Å². The molecule has 2 heterocycles. The lowest BCUT2D eigenvalue weighted by molar-refractivity contribution is -0.146. The number of carbonyl (C=O) groups excluding carboxylic acids is 2. The molecule has 1 aliphatic heterocycles. The molecule has 0 aliphatic carbocycles. The number of hydrogen-bond donors (Lipinski definition) is 0. The van der Waals surface area contributed by atoms with Crippen molar-refractivity contribution in [3.8, 4) is 11.1 Å². The van der Waals surface area contributed by atoms with Crippen LogP contribution < -0.4 is 0 Å². The second-order valence-electron chi connectivity index (χ2n) is 7.26. The zero-order chi connectivity index (χ0) is 21.1. The van der Waals surface area contributed by atoms with Gasteiger partial charge in [-0.3, -0.25) is 9.59 Å². The number of nitrogens with zero attached hydrogens (tertiary/aromatic N) is 2. The van der Waals surface area contributed by atoms with Crippen molar-refractivity contribution in [3.05, 3.63) is 54.2 Å². The number of aromatic nitrogens is 1. The minimum Gasteiger partial charge on any atom is -0.466 e. The first-order valence-corrected chi connectivity index (χ1v) is 10.2. The predicted molar refractivity (Wildman–Crippen MR) is 109 cm³/mol. The van der Waals surface area contributed by atoms with Crippen LogP contribution in [0, 0.1) is 5.82 Å². The Labute approximate surface area is 173 Å². The van der Waals surface area contributed by atoms with Crippen LogP contribution >= 0.6 is 0 Å². The van der Waals surface area contributed by atoms with Gasteiger partial charge in [0, 0.05) is 18.5 Å². The summed E-state index contributed by atoms with van der Waals surface area (Å²) < 4.78 is 24.9. The highest BCUT2D eigenvalue weighted by Crippen LogP contribution is 2.35. The molecule has 1 saturated heterocycles. The van der Waals surface area contributed by atoms with E-state index in [9.17, 15) is 14.0 Å². The zero-order valence-corrected chi connectivity index (χ0v) is 16.8. The van der Waals surface area contributed by atoms with Crippen LogP contribution in [0.25, 0.3) is 22.2 Å². The van der Waals surface area contributed by atoms with Crippen LogP contribution in [-0.4, -0.2) is 34.9 Å². The van der Waals surface area contributed by atoms with Crippen LogP contribution in [0.15, 0.2) is 46.9 Å². The summed E-state index contributed by atoms with van der Waals surface area (Å²) in [7, 11) is 0. The Hall–Kier alpha value is -3.22. The molecule has 0 spiro atoms. The maximum Gasteiger partial charge on any atom is 0.306 e. The van der Waals surface area contributed by atoms with Gasteiger partial charge in [-0.15, -0.1) is 0 Å². The molecule has 4 rings (SSSR count). The normalized spacial score (nSPS) is 16.2. The monoisotopic (exact) mass is 410 g/mol. The number of esters is 1. The molecule has 6 nitrogen and oxygen atoms in total. The SMILES string of the molecule is CCOC(=O)CCC(=O)N1CCC[C@H]1c1nc2cc(-c3ccccc3F)ccc2o1. The van der Waals surface area contributed by atoms with Crippen molar-refractivity contribution in [2.24, 2.45) is 0 Å². The van der Waals surface area contributed by atoms with E-state index in [1.165, 1.54) is 6.07 Å². The fourth-order valence-corrected chi connectivity index (χ4v) is 3.86. The molecule has 1 fully saturated rings. The number of rotatable bonds is 6. The number of oxazole rings is 1. The second kappa shape index (κ2) is 8.65. The van der Waals surface area contributed by atoms with Gasteiger partial charge in [0.25, 0.3) is 0 Å². The smallest absolute Gasteiger partial charge is 0.306 e. The number of carbonyl (C=O) groups is 2. The van der Waals surface area contributed by atoms with E-state index in [0.717, 1.165) is 12.8 Å². The molecule has 0 bridgehead atoms. The fraction of sp³-hybridized carbons (Fsp3) is 0.348. The summed E-state index contributed by atoms with van der Waals surface area (Å²) in [6.07, 6.45) is 1.76. The molecular weight excluding hydrogens is 387 g/mol. The average Bonchev–Trinajstić information content (AvgIpc) is 3.39. The van der Waals surface area contributed by atoms with Gasteiger partial charge in [0.15, 0.2) is 5.58 Å². The highest BCUT2D eigenvalue weighted by atomic mass is 19.1. The lowest BCUT2D eigenvalue weighted by atomic mass is 10.0. The van der Waals surface area contributed by atoms with E-state index in [-0.39, 0.29) is 36.6 Å². The third-order valence-electron chi connectivity index (χ3n) is 5.30. The average molecular weight is 410 g/mol. The number of amides is 1. The Balaban J connectivity index is 1.54. The van der Waals surface area contributed by atoms with Crippen LogP contribution in [0.5, 0.6) is 0 Å². The van der Waals surface area contributed by atoms with Crippen LogP contribution in [-0.2, 0) is 14.3 Å². The maximum atomic E-state index is 14.1. The van der Waals surface area contributed by atoms with Gasteiger partial charge in [0.1, 0.15) is 17.4 Å². The van der Waals surface area contributed by atoms with Crippen molar-refractivity contribution in [1.29, 1.82) is 0 Å². The summed E-state index contributed by atoms with van der Waals surface area (Å²) in [5, 5.41) is 0. The van der Waals surface area contributed by atoms with Gasteiger partial charge in [-0.1, -0.05) is 24.3 Å². The van der Waals surface area contributed by atoms with Crippen molar-refractivity contribution >= 4 is 23.0 Å². The number of likely N-dealkylation sites (tertiary alicyclic amines) is 1. The van der Waals surface area contributed by atoms with E-state index in [4.69, 9.17) is 9.15 Å². The second-order valence-corrected chi connectivity index (χ2v) is 7.26. The third-order valence-corrected chi connectivity index (χ3v) is 5.30. The minimum atomic E-state index is -0.371. The Morgan fingerprint density at radius 2 is 2.07 bits per heavy atom. The van der Waals surface area contributed by atoms with Crippen molar-refractivity contribution in [1.82, 2.24) is 9.88 Å². The summed E-state index contributed by atoms with van der Waals surface area (Å²) >= 11 is 0. The summed E-state index contributed by atoms with van der Waals surface area (Å²) in [5.41, 5.74) is 2.43. The summed E-state index contributed by atoms with van der Waals surface area (Å²) in [4.78, 5) is 30.5. The maximum absolute atomic E-state index is 14.1. The molecule has 7 heteroatoms. The number of halogens is 1. The van der Waals surface area contributed by atoms with E-state index in [1.807, 2.05) is 0 Å². The van der Waals surface area contributed by atoms with E-state index >= 15 is 0 Å². The quantitative estimate of drug-likeness (QED) is 0.554. The number of ether oxygens (including phenoxy) is 1. The van der Waals surface area contributed by atoms with Crippen LogP contribution in [0.2, 0.25) is 0 Å². The van der Waals surface area contributed by atoms with Crippen molar-refractivity contribution in [3.63, 3.8) is 0 Å². The molecule has 1 amide bonds. The molecule has 0 unspecified atom stereocenters. The highest BCUT2D eigenvalue weighted by molar-refractivity contribution is 5.83. The van der Waals surface area contributed by atoms with E-state index in [0.29, 0.717) is 41.3 Å². The largest absolute Gasteiger partial charge is 0.466 e. The lowest BCUT2D eigenvalue weighted by Gasteiger charge is -2.22. The van der Waals surface area contributed by atoms with Crippen LogP contribution in [0.4, 0.5) is 4.39 Å². The summed E-state index contributed by atoms with van der Waals surface area (Å²) in [6, 6.07) is 11.7. The number of benzene rings is 2. The Morgan fingerprint density at radius 3 is 2.87 bits per heavy atom. The van der Waals surface area contributed by atoms with Crippen molar-refractivity contribution in [2.75, 3.05) is 13.2 Å². The zero-order valence-electron chi connectivity index (χ0n) is 16.8. The Kier molecular flexibility index (Phi) is 5.79. The third kappa shape index (κ3) is 4.06. The molecular formula is C23H23FN2O4. The standard InChI is InChI=1S/C23H23FN2O4/c1-2-29-22(28)12-11-21(27)26-13-5-8-19(26)23-25-18-14-15(9-10-20(18)30-23)16-6-3-4-7-17(16)24/h3-4,6-7,9-10,14,19H,2,5,8,11-13H2,1H3/t19-/m0/s1. The Morgan fingerprint density at radius 1 is 1.23 bits per heavy atom. The minimum absolute atomic E-state index is 0.0649. The molecule has 1 aromatic heterocycles. The Bertz CT molecular complexity index is 1080. The van der Waals surface area contributed by atoms with Gasteiger partial charge in [-0.2, -0.15) is 0 Å². The molecule has 0 saturated carbocycles. The molecule has 30 heavy (non-hydrogen) atoms. The van der Waals surface area contributed by atoms with Crippen molar-refractivity contribution < 1.29 is 23.1 Å². The molecule has 1 atom stereocenters. The molecule has 2 aromatic carbocycles. The van der Waals surface area contributed by atoms with E-state index < -0.39 is 0 Å². The molecule has 0 radical (unpaired) electrons. The first-order chi connectivity index (χ1) is 14.6. The number of hydrogen-bond acceptors (Lipinski definition) is 5. The molecule has 156 valence electrons. The number of fused-ring (bicyclic) bond motifs is 1. The molecule has 1 aliphatic rings. The van der Waals surface area contributed by atoms with Crippen molar-refractivity contribution in [2.45, 2.75) is 38.6 Å². The topological polar surface area (TPSA) is 72.6 Å². The van der Waals surface area contributed by atoms with Gasteiger partial charge < -0.3 is 14.1 Å². The lowest BCUT2D eigenvalue weighted by Crippen LogP contribution is -2.31. The first kappa shape index (κ1) is 20.1. The van der Waals surface area contributed by atoms with Gasteiger partial charge in [0.2, 0.25) is 11.8 Å². The molecule has 0 N–H and O–H groups in total. The summed E-state index contributed by atoms with van der Waals surface area (Å²) in [6.45, 7) is 2.64. The van der Waals surface area contributed by atoms with Crippen LogP contribution in [0.3, 0.4) is 0 Å².